The molecule has 0 saturated carbocycles. The Morgan fingerprint density at radius 2 is 1.70 bits per heavy atom. The van der Waals surface area contributed by atoms with E-state index in [9.17, 15) is 4.79 Å². The molecule has 0 spiro atoms. The molecule has 1 amide bonds. The number of unbranched alkanes of at least 4 members (excludes halogenated alkanes) is 9. The largest absolute Gasteiger partial charge is 0.446 e. The van der Waals surface area contributed by atoms with Crippen LogP contribution < -0.4 is 11.1 Å². The second-order valence-corrected chi connectivity index (χ2v) is 6.30. The number of hydrogen-bond donors (Lipinski definition) is 2. The molecular formula is C18H33N3O2. The summed E-state index contributed by atoms with van der Waals surface area (Å²) in [4.78, 5) is 15.9. The molecule has 1 heterocycles. The van der Waals surface area contributed by atoms with Crippen LogP contribution in [0.25, 0.3) is 0 Å². The molecule has 23 heavy (non-hydrogen) atoms. The predicted octanol–water partition coefficient (Wildman–Crippen LogP) is 4.35. The van der Waals surface area contributed by atoms with Gasteiger partial charge < -0.3 is 15.5 Å². The fourth-order valence-corrected chi connectivity index (χ4v) is 2.51. The molecule has 0 saturated heterocycles. The molecule has 5 nitrogen and oxygen atoms in total. The van der Waals surface area contributed by atoms with Crippen LogP contribution in [0.5, 0.6) is 0 Å². The second kappa shape index (κ2) is 12.1. The Hall–Kier alpha value is -1.36. The lowest BCUT2D eigenvalue weighted by atomic mass is 10.1. The molecule has 132 valence electrons. The molecule has 1 unspecified atom stereocenters. The van der Waals surface area contributed by atoms with E-state index >= 15 is 0 Å². The van der Waals surface area contributed by atoms with Gasteiger partial charge in [0.2, 0.25) is 5.89 Å². The topological polar surface area (TPSA) is 81.2 Å². The molecule has 1 atom stereocenters. The van der Waals surface area contributed by atoms with Crippen LogP contribution in [0, 0.1) is 0 Å². The van der Waals surface area contributed by atoms with E-state index in [2.05, 4.69) is 17.2 Å². The summed E-state index contributed by atoms with van der Waals surface area (Å²) in [5.41, 5.74) is 5.96. The number of nitrogens with one attached hydrogen (secondary N) is 1. The van der Waals surface area contributed by atoms with E-state index < -0.39 is 0 Å². The van der Waals surface area contributed by atoms with Crippen molar-refractivity contribution in [1.82, 2.24) is 10.3 Å². The molecule has 0 bridgehead atoms. The predicted molar refractivity (Wildman–Crippen MR) is 93.3 cm³/mol. The van der Waals surface area contributed by atoms with E-state index in [0.717, 1.165) is 6.42 Å². The maximum absolute atomic E-state index is 11.9. The molecule has 1 aromatic heterocycles. The summed E-state index contributed by atoms with van der Waals surface area (Å²) in [5.74, 6) is 0.214. The lowest BCUT2D eigenvalue weighted by Gasteiger charge is -2.04. The van der Waals surface area contributed by atoms with Gasteiger partial charge in [0.05, 0.1) is 6.04 Å². The fraction of sp³-hybridized carbons (Fsp3) is 0.778. The highest BCUT2D eigenvalue weighted by Crippen LogP contribution is 2.11. The van der Waals surface area contributed by atoms with Crippen LogP contribution in [-0.2, 0) is 0 Å². The maximum atomic E-state index is 11.9. The van der Waals surface area contributed by atoms with Gasteiger partial charge in [0.25, 0.3) is 5.91 Å². The molecule has 0 aliphatic rings. The van der Waals surface area contributed by atoms with Gasteiger partial charge in [-0.2, -0.15) is 0 Å². The Labute approximate surface area is 140 Å². The second-order valence-electron chi connectivity index (χ2n) is 6.30. The van der Waals surface area contributed by atoms with Gasteiger partial charge >= 0.3 is 0 Å². The lowest BCUT2D eigenvalue weighted by Crippen LogP contribution is -2.24. The highest BCUT2D eigenvalue weighted by atomic mass is 16.3. The summed E-state index contributed by atoms with van der Waals surface area (Å²) in [6.45, 7) is 4.71. The first kappa shape index (κ1) is 19.7. The summed E-state index contributed by atoms with van der Waals surface area (Å²) in [6.07, 6.45) is 14.3. The summed E-state index contributed by atoms with van der Waals surface area (Å²) < 4.78 is 5.16. The third-order valence-corrected chi connectivity index (χ3v) is 3.96. The fourth-order valence-electron chi connectivity index (χ4n) is 2.51. The van der Waals surface area contributed by atoms with E-state index in [1.54, 1.807) is 6.92 Å². The van der Waals surface area contributed by atoms with Gasteiger partial charge in [0, 0.05) is 6.54 Å². The quantitative estimate of drug-likeness (QED) is 0.529. The van der Waals surface area contributed by atoms with Crippen molar-refractivity contribution in [3.8, 4) is 0 Å². The van der Waals surface area contributed by atoms with Crippen LogP contribution in [0.2, 0.25) is 0 Å². The average molecular weight is 323 g/mol. The van der Waals surface area contributed by atoms with Gasteiger partial charge in [-0.3, -0.25) is 4.79 Å². The minimum absolute atomic E-state index is 0.184. The first-order valence-corrected chi connectivity index (χ1v) is 9.14. The van der Waals surface area contributed by atoms with E-state index in [4.69, 9.17) is 10.2 Å². The highest BCUT2D eigenvalue weighted by Gasteiger charge is 2.13. The van der Waals surface area contributed by atoms with Crippen LogP contribution >= 0.6 is 0 Å². The standard InChI is InChI=1S/C18H33N3O2/c1-3-4-5-6-7-8-9-10-11-12-13-20-17(22)16-14-23-18(21-16)15(2)19/h14-15H,3-13,19H2,1-2H3,(H,20,22). The van der Waals surface area contributed by atoms with Crippen LogP contribution in [-0.4, -0.2) is 17.4 Å². The minimum atomic E-state index is -0.293. The first-order chi connectivity index (χ1) is 11.1. The normalized spacial score (nSPS) is 12.3. The average Bonchev–Trinajstić information content (AvgIpc) is 3.02. The zero-order valence-electron chi connectivity index (χ0n) is 14.8. The van der Waals surface area contributed by atoms with Crippen molar-refractivity contribution in [2.24, 2.45) is 5.73 Å². The molecule has 3 N–H and O–H groups in total. The van der Waals surface area contributed by atoms with Crippen molar-refractivity contribution in [3.05, 3.63) is 17.8 Å². The van der Waals surface area contributed by atoms with Crippen molar-refractivity contribution < 1.29 is 9.21 Å². The number of amides is 1. The summed E-state index contributed by atoms with van der Waals surface area (Å²) in [6, 6.07) is -0.293. The molecule has 0 aliphatic carbocycles. The molecule has 0 radical (unpaired) electrons. The van der Waals surface area contributed by atoms with Gasteiger partial charge in [-0.25, -0.2) is 4.98 Å². The third kappa shape index (κ3) is 8.74. The van der Waals surface area contributed by atoms with Gasteiger partial charge in [-0.1, -0.05) is 64.7 Å². The monoisotopic (exact) mass is 323 g/mol. The number of hydrogen-bond acceptors (Lipinski definition) is 4. The number of aromatic nitrogens is 1. The first-order valence-electron chi connectivity index (χ1n) is 9.14. The van der Waals surface area contributed by atoms with Crippen LogP contribution in [0.15, 0.2) is 10.7 Å². The van der Waals surface area contributed by atoms with Crippen molar-refractivity contribution in [1.29, 1.82) is 0 Å². The van der Waals surface area contributed by atoms with Crippen molar-refractivity contribution >= 4 is 5.91 Å². The summed E-state index contributed by atoms with van der Waals surface area (Å²) in [7, 11) is 0. The lowest BCUT2D eigenvalue weighted by molar-refractivity contribution is 0.0948. The van der Waals surface area contributed by atoms with E-state index in [-0.39, 0.29) is 11.9 Å². The summed E-state index contributed by atoms with van der Waals surface area (Å²) in [5, 5.41) is 2.87. The molecule has 1 rings (SSSR count). The van der Waals surface area contributed by atoms with Gasteiger partial charge in [0.15, 0.2) is 5.69 Å². The Morgan fingerprint density at radius 1 is 1.13 bits per heavy atom. The van der Waals surface area contributed by atoms with Gasteiger partial charge in [-0.15, -0.1) is 0 Å². The Bertz CT molecular complexity index is 430. The van der Waals surface area contributed by atoms with Crippen molar-refractivity contribution in [3.63, 3.8) is 0 Å². The van der Waals surface area contributed by atoms with E-state index in [1.165, 1.54) is 64.1 Å². The maximum Gasteiger partial charge on any atom is 0.273 e. The van der Waals surface area contributed by atoms with E-state index in [0.29, 0.717) is 18.1 Å². The number of rotatable bonds is 13. The number of nitrogens with zero attached hydrogens (tertiary/aromatic N) is 1. The number of carbonyl (C=O) groups is 1. The molecular weight excluding hydrogens is 290 g/mol. The highest BCUT2D eigenvalue weighted by molar-refractivity contribution is 5.91. The number of nitrogens with two attached hydrogens (primary N) is 1. The zero-order valence-corrected chi connectivity index (χ0v) is 14.8. The van der Waals surface area contributed by atoms with Crippen LogP contribution in [0.3, 0.4) is 0 Å². The van der Waals surface area contributed by atoms with Gasteiger partial charge in [-0.05, 0) is 13.3 Å². The van der Waals surface area contributed by atoms with Crippen molar-refractivity contribution in [2.75, 3.05) is 6.54 Å². The minimum Gasteiger partial charge on any atom is -0.446 e. The van der Waals surface area contributed by atoms with Crippen molar-refractivity contribution in [2.45, 2.75) is 84.1 Å². The van der Waals surface area contributed by atoms with Crippen LogP contribution in [0.1, 0.15) is 100 Å². The Kier molecular flexibility index (Phi) is 10.4. The Morgan fingerprint density at radius 3 is 2.22 bits per heavy atom. The van der Waals surface area contributed by atoms with Crippen LogP contribution in [0.4, 0.5) is 0 Å². The third-order valence-electron chi connectivity index (χ3n) is 3.96. The SMILES string of the molecule is CCCCCCCCCCCCNC(=O)c1coc(C(C)N)n1. The molecule has 5 heteroatoms. The number of oxazole rings is 1. The summed E-state index contributed by atoms with van der Waals surface area (Å²) >= 11 is 0. The molecule has 0 aromatic carbocycles. The smallest absolute Gasteiger partial charge is 0.273 e. The number of carbonyl (C=O) groups excluding carboxylic acids is 1. The molecule has 0 aliphatic heterocycles. The Balaban J connectivity index is 1.97. The van der Waals surface area contributed by atoms with E-state index in [1.807, 2.05) is 0 Å². The van der Waals surface area contributed by atoms with Gasteiger partial charge in [0.1, 0.15) is 6.26 Å². The molecule has 1 aromatic rings. The molecule has 0 fully saturated rings. The zero-order chi connectivity index (χ0) is 16.9.